The van der Waals surface area contributed by atoms with Crippen molar-refractivity contribution in [3.63, 3.8) is 0 Å². The Kier molecular flexibility index (Phi) is 4.59. The molecule has 0 unspecified atom stereocenters. The van der Waals surface area contributed by atoms with Gasteiger partial charge in [0.15, 0.2) is 0 Å². The zero-order valence-corrected chi connectivity index (χ0v) is 7.76. The van der Waals surface area contributed by atoms with Gasteiger partial charge in [0.05, 0.1) is 0 Å². The van der Waals surface area contributed by atoms with Gasteiger partial charge >= 0.3 is 0 Å². The molecule has 0 aliphatic heterocycles. The summed E-state index contributed by atoms with van der Waals surface area (Å²) in [6.07, 6.45) is 1.89. The highest BCUT2D eigenvalue weighted by Crippen LogP contribution is 2.10. The molecular weight excluding hydrogens is 154 g/mol. The SMILES string of the molecule is C=CCC(=O)NCC(C)(C)CO. The second-order valence-electron chi connectivity index (χ2n) is 3.59. The predicted octanol–water partition coefficient (Wildman–Crippen LogP) is 0.697. The first-order valence-electron chi connectivity index (χ1n) is 4.00. The van der Waals surface area contributed by atoms with Gasteiger partial charge in [-0.1, -0.05) is 19.9 Å². The van der Waals surface area contributed by atoms with Gasteiger partial charge in [-0.3, -0.25) is 4.79 Å². The highest BCUT2D eigenvalue weighted by molar-refractivity contribution is 5.77. The fourth-order valence-electron chi connectivity index (χ4n) is 0.597. The number of rotatable bonds is 5. The third kappa shape index (κ3) is 4.91. The van der Waals surface area contributed by atoms with Crippen molar-refractivity contribution >= 4 is 5.91 Å². The smallest absolute Gasteiger partial charge is 0.223 e. The molecule has 0 heterocycles. The summed E-state index contributed by atoms with van der Waals surface area (Å²) >= 11 is 0. The van der Waals surface area contributed by atoms with E-state index in [0.717, 1.165) is 0 Å². The maximum atomic E-state index is 10.9. The molecule has 0 saturated heterocycles. The molecule has 12 heavy (non-hydrogen) atoms. The molecular formula is C9H17NO2. The van der Waals surface area contributed by atoms with Crippen LogP contribution in [0.5, 0.6) is 0 Å². The zero-order valence-electron chi connectivity index (χ0n) is 7.76. The van der Waals surface area contributed by atoms with Crippen molar-refractivity contribution in [3.05, 3.63) is 12.7 Å². The molecule has 3 heteroatoms. The minimum absolute atomic E-state index is 0.0495. The lowest BCUT2D eigenvalue weighted by atomic mass is 9.95. The molecule has 0 aliphatic carbocycles. The first-order chi connectivity index (χ1) is 5.52. The van der Waals surface area contributed by atoms with Gasteiger partial charge in [-0.15, -0.1) is 6.58 Å². The van der Waals surface area contributed by atoms with E-state index < -0.39 is 0 Å². The van der Waals surface area contributed by atoms with Crippen LogP contribution >= 0.6 is 0 Å². The summed E-state index contributed by atoms with van der Waals surface area (Å²) < 4.78 is 0. The summed E-state index contributed by atoms with van der Waals surface area (Å²) in [7, 11) is 0. The average molecular weight is 171 g/mol. The minimum atomic E-state index is -0.239. The maximum absolute atomic E-state index is 10.9. The largest absolute Gasteiger partial charge is 0.396 e. The standard InChI is InChI=1S/C9H17NO2/c1-4-5-8(12)10-6-9(2,3)7-11/h4,11H,1,5-7H2,2-3H3,(H,10,12). The molecule has 0 aromatic rings. The van der Waals surface area contributed by atoms with Crippen molar-refractivity contribution in [1.29, 1.82) is 0 Å². The fraction of sp³-hybridized carbons (Fsp3) is 0.667. The topological polar surface area (TPSA) is 49.3 Å². The lowest BCUT2D eigenvalue weighted by molar-refractivity contribution is -0.120. The molecule has 3 nitrogen and oxygen atoms in total. The van der Waals surface area contributed by atoms with Crippen LogP contribution in [0.3, 0.4) is 0 Å². The van der Waals surface area contributed by atoms with E-state index in [-0.39, 0.29) is 17.9 Å². The van der Waals surface area contributed by atoms with Crippen molar-refractivity contribution in [2.24, 2.45) is 5.41 Å². The van der Waals surface area contributed by atoms with Crippen molar-refractivity contribution in [1.82, 2.24) is 5.32 Å². The van der Waals surface area contributed by atoms with E-state index in [1.807, 2.05) is 13.8 Å². The second kappa shape index (κ2) is 4.93. The highest BCUT2D eigenvalue weighted by atomic mass is 16.3. The molecule has 0 atom stereocenters. The summed E-state index contributed by atoms with van der Waals surface area (Å²) in [5.74, 6) is -0.0495. The van der Waals surface area contributed by atoms with E-state index >= 15 is 0 Å². The van der Waals surface area contributed by atoms with E-state index in [1.54, 1.807) is 6.08 Å². The summed E-state index contributed by atoms with van der Waals surface area (Å²) in [4.78, 5) is 10.9. The highest BCUT2D eigenvalue weighted by Gasteiger charge is 2.16. The van der Waals surface area contributed by atoms with Gasteiger partial charge in [-0.25, -0.2) is 0 Å². The van der Waals surface area contributed by atoms with Crippen LogP contribution in [0.1, 0.15) is 20.3 Å². The minimum Gasteiger partial charge on any atom is -0.396 e. The van der Waals surface area contributed by atoms with Crippen molar-refractivity contribution in [3.8, 4) is 0 Å². The molecule has 70 valence electrons. The predicted molar refractivity (Wildman–Crippen MR) is 48.7 cm³/mol. The molecule has 0 rings (SSSR count). The molecule has 0 fully saturated rings. The molecule has 0 aromatic heterocycles. The average Bonchev–Trinajstić information content (AvgIpc) is 2.02. The molecule has 0 aliphatic rings. The molecule has 0 radical (unpaired) electrons. The van der Waals surface area contributed by atoms with Crippen LogP contribution < -0.4 is 5.32 Å². The van der Waals surface area contributed by atoms with Crippen molar-refractivity contribution in [2.75, 3.05) is 13.2 Å². The lowest BCUT2D eigenvalue weighted by Crippen LogP contribution is -2.35. The fourth-order valence-corrected chi connectivity index (χ4v) is 0.597. The van der Waals surface area contributed by atoms with Crippen LogP contribution in [0.4, 0.5) is 0 Å². The Morgan fingerprint density at radius 2 is 2.25 bits per heavy atom. The molecule has 0 saturated carbocycles. The van der Waals surface area contributed by atoms with E-state index in [0.29, 0.717) is 13.0 Å². The Hall–Kier alpha value is -0.830. The number of nitrogens with one attached hydrogen (secondary N) is 1. The normalized spacial score (nSPS) is 10.9. The Labute approximate surface area is 73.5 Å². The number of carbonyl (C=O) groups excluding carboxylic acids is 1. The molecule has 1 amide bonds. The Bertz CT molecular complexity index is 164. The third-order valence-electron chi connectivity index (χ3n) is 1.52. The summed E-state index contributed by atoms with van der Waals surface area (Å²) in [6.45, 7) is 7.80. The van der Waals surface area contributed by atoms with Crippen molar-refractivity contribution in [2.45, 2.75) is 20.3 Å². The number of aliphatic hydroxyl groups excluding tert-OH is 1. The van der Waals surface area contributed by atoms with Crippen LogP contribution in [0.25, 0.3) is 0 Å². The number of amides is 1. The van der Waals surface area contributed by atoms with Gasteiger partial charge in [-0.05, 0) is 0 Å². The summed E-state index contributed by atoms with van der Waals surface area (Å²) in [5.41, 5.74) is -0.239. The van der Waals surface area contributed by atoms with Crippen molar-refractivity contribution < 1.29 is 9.90 Å². The lowest BCUT2D eigenvalue weighted by Gasteiger charge is -2.21. The monoisotopic (exact) mass is 171 g/mol. The number of hydrogen-bond donors (Lipinski definition) is 2. The van der Waals surface area contributed by atoms with Gasteiger partial charge in [0, 0.05) is 25.0 Å². The Morgan fingerprint density at radius 1 is 1.67 bits per heavy atom. The van der Waals surface area contributed by atoms with Gasteiger partial charge in [0.25, 0.3) is 0 Å². The van der Waals surface area contributed by atoms with Crippen LogP contribution in [-0.4, -0.2) is 24.2 Å². The third-order valence-corrected chi connectivity index (χ3v) is 1.52. The van der Waals surface area contributed by atoms with E-state index in [4.69, 9.17) is 5.11 Å². The molecule has 2 N–H and O–H groups in total. The van der Waals surface area contributed by atoms with Crippen LogP contribution in [0, 0.1) is 5.41 Å². The van der Waals surface area contributed by atoms with E-state index in [9.17, 15) is 4.79 Å². The van der Waals surface area contributed by atoms with Gasteiger partial charge in [-0.2, -0.15) is 0 Å². The molecule has 0 aromatic carbocycles. The Balaban J connectivity index is 3.67. The van der Waals surface area contributed by atoms with Gasteiger partial charge < -0.3 is 10.4 Å². The first kappa shape index (κ1) is 11.2. The van der Waals surface area contributed by atoms with Gasteiger partial charge in [0.1, 0.15) is 0 Å². The first-order valence-corrected chi connectivity index (χ1v) is 4.00. The maximum Gasteiger partial charge on any atom is 0.223 e. The van der Waals surface area contributed by atoms with Crippen LogP contribution in [0.2, 0.25) is 0 Å². The molecule has 0 bridgehead atoms. The van der Waals surface area contributed by atoms with E-state index in [1.165, 1.54) is 0 Å². The second-order valence-corrected chi connectivity index (χ2v) is 3.59. The van der Waals surface area contributed by atoms with E-state index in [2.05, 4.69) is 11.9 Å². The summed E-state index contributed by atoms with van der Waals surface area (Å²) in [6, 6.07) is 0. The molecule has 0 spiro atoms. The number of hydrogen-bond acceptors (Lipinski definition) is 2. The number of aliphatic hydroxyl groups is 1. The Morgan fingerprint density at radius 3 is 2.67 bits per heavy atom. The quantitative estimate of drug-likeness (QED) is 0.598. The van der Waals surface area contributed by atoms with Gasteiger partial charge in [0.2, 0.25) is 5.91 Å². The van der Waals surface area contributed by atoms with Crippen LogP contribution in [-0.2, 0) is 4.79 Å². The van der Waals surface area contributed by atoms with Crippen LogP contribution in [0.15, 0.2) is 12.7 Å². The summed E-state index contributed by atoms with van der Waals surface area (Å²) in [5, 5.41) is 11.6. The number of carbonyl (C=O) groups is 1. The zero-order chi connectivity index (χ0) is 9.61.